The number of likely N-dealkylation sites (N-methyl/N-ethyl adjacent to an activating group) is 1. The van der Waals surface area contributed by atoms with Crippen LogP contribution in [-0.2, 0) is 0 Å². The molecular weight excluding hydrogens is 252 g/mol. The standard InChI is InChI=1S/C15H24N4O/c1-17(2)15(20)12-5-6-14(13(16)11-12)19-8-4-7-18(3)9-10-19/h5-6,11H,4,7-10,16H2,1-3H3. The zero-order valence-corrected chi connectivity index (χ0v) is 12.6. The lowest BCUT2D eigenvalue weighted by molar-refractivity contribution is 0.0827. The fraction of sp³-hybridized carbons (Fsp3) is 0.533. The van der Waals surface area contributed by atoms with E-state index in [-0.39, 0.29) is 5.91 Å². The smallest absolute Gasteiger partial charge is 0.253 e. The zero-order valence-electron chi connectivity index (χ0n) is 12.6. The number of rotatable bonds is 2. The van der Waals surface area contributed by atoms with Gasteiger partial charge in [-0.1, -0.05) is 0 Å². The van der Waals surface area contributed by atoms with Crippen LogP contribution < -0.4 is 10.6 Å². The van der Waals surface area contributed by atoms with Crippen molar-refractivity contribution in [3.63, 3.8) is 0 Å². The van der Waals surface area contributed by atoms with Gasteiger partial charge in [0.25, 0.3) is 5.91 Å². The molecule has 1 heterocycles. The van der Waals surface area contributed by atoms with Crippen molar-refractivity contribution >= 4 is 17.3 Å². The highest BCUT2D eigenvalue weighted by Crippen LogP contribution is 2.25. The van der Waals surface area contributed by atoms with E-state index in [4.69, 9.17) is 5.73 Å². The summed E-state index contributed by atoms with van der Waals surface area (Å²) in [5.41, 5.74) is 8.51. The topological polar surface area (TPSA) is 52.8 Å². The largest absolute Gasteiger partial charge is 0.397 e. The van der Waals surface area contributed by atoms with Gasteiger partial charge in [-0.3, -0.25) is 4.79 Å². The first-order chi connectivity index (χ1) is 9.49. The Labute approximate surface area is 120 Å². The third kappa shape index (κ3) is 3.22. The predicted octanol–water partition coefficient (Wildman–Crippen LogP) is 1.11. The summed E-state index contributed by atoms with van der Waals surface area (Å²) >= 11 is 0. The minimum absolute atomic E-state index is 0.0150. The van der Waals surface area contributed by atoms with Gasteiger partial charge in [-0.25, -0.2) is 0 Å². The minimum atomic E-state index is -0.0150. The van der Waals surface area contributed by atoms with Gasteiger partial charge in [-0.2, -0.15) is 0 Å². The highest BCUT2D eigenvalue weighted by atomic mass is 16.2. The maximum absolute atomic E-state index is 11.9. The number of carbonyl (C=O) groups is 1. The van der Waals surface area contributed by atoms with Crippen LogP contribution in [0.15, 0.2) is 18.2 Å². The van der Waals surface area contributed by atoms with E-state index in [0.717, 1.165) is 38.3 Å². The number of nitrogen functional groups attached to an aromatic ring is 1. The number of nitrogens with two attached hydrogens (primary N) is 1. The van der Waals surface area contributed by atoms with Crippen molar-refractivity contribution in [2.24, 2.45) is 0 Å². The number of benzene rings is 1. The van der Waals surface area contributed by atoms with Gasteiger partial charge in [0.15, 0.2) is 0 Å². The summed E-state index contributed by atoms with van der Waals surface area (Å²) in [5, 5.41) is 0. The molecule has 0 saturated carbocycles. The third-order valence-corrected chi connectivity index (χ3v) is 3.74. The Bertz CT molecular complexity index is 487. The number of hydrogen-bond donors (Lipinski definition) is 1. The first kappa shape index (κ1) is 14.7. The van der Waals surface area contributed by atoms with Crippen molar-refractivity contribution in [3.05, 3.63) is 23.8 Å². The molecule has 0 unspecified atom stereocenters. The average molecular weight is 276 g/mol. The van der Waals surface area contributed by atoms with Crippen molar-refractivity contribution in [2.75, 3.05) is 58.0 Å². The normalized spacial score (nSPS) is 16.9. The van der Waals surface area contributed by atoms with Crippen molar-refractivity contribution in [2.45, 2.75) is 6.42 Å². The van der Waals surface area contributed by atoms with E-state index < -0.39 is 0 Å². The zero-order chi connectivity index (χ0) is 14.7. The molecule has 5 heteroatoms. The lowest BCUT2D eigenvalue weighted by atomic mass is 10.1. The Kier molecular flexibility index (Phi) is 4.49. The molecule has 0 bridgehead atoms. The summed E-state index contributed by atoms with van der Waals surface area (Å²) in [6, 6.07) is 5.62. The number of amides is 1. The monoisotopic (exact) mass is 276 g/mol. The van der Waals surface area contributed by atoms with Gasteiger partial charge >= 0.3 is 0 Å². The van der Waals surface area contributed by atoms with E-state index in [1.54, 1.807) is 25.1 Å². The molecule has 0 radical (unpaired) electrons. The highest BCUT2D eigenvalue weighted by molar-refractivity contribution is 5.95. The van der Waals surface area contributed by atoms with Gasteiger partial charge in [0.1, 0.15) is 0 Å². The molecule has 0 aromatic heterocycles. The molecule has 0 spiro atoms. The first-order valence-corrected chi connectivity index (χ1v) is 7.03. The van der Waals surface area contributed by atoms with Crippen LogP contribution in [0.3, 0.4) is 0 Å². The molecule has 1 fully saturated rings. The summed E-state index contributed by atoms with van der Waals surface area (Å²) in [4.78, 5) is 18.1. The summed E-state index contributed by atoms with van der Waals surface area (Å²) in [7, 11) is 5.64. The molecule has 5 nitrogen and oxygen atoms in total. The Morgan fingerprint density at radius 2 is 1.95 bits per heavy atom. The molecule has 110 valence electrons. The van der Waals surface area contributed by atoms with Crippen LogP contribution in [0.1, 0.15) is 16.8 Å². The van der Waals surface area contributed by atoms with E-state index in [1.807, 2.05) is 12.1 Å². The van der Waals surface area contributed by atoms with Gasteiger partial charge in [-0.15, -0.1) is 0 Å². The second-order valence-electron chi connectivity index (χ2n) is 5.62. The average Bonchev–Trinajstić information content (AvgIpc) is 2.62. The van der Waals surface area contributed by atoms with E-state index >= 15 is 0 Å². The van der Waals surface area contributed by atoms with Crippen LogP contribution >= 0.6 is 0 Å². The minimum Gasteiger partial charge on any atom is -0.397 e. The van der Waals surface area contributed by atoms with Crippen LogP contribution in [0.2, 0.25) is 0 Å². The lowest BCUT2D eigenvalue weighted by Crippen LogP contribution is -2.29. The van der Waals surface area contributed by atoms with Crippen molar-refractivity contribution in [3.8, 4) is 0 Å². The van der Waals surface area contributed by atoms with E-state index in [1.165, 1.54) is 0 Å². The second-order valence-corrected chi connectivity index (χ2v) is 5.62. The van der Waals surface area contributed by atoms with Crippen molar-refractivity contribution < 1.29 is 4.79 Å². The van der Waals surface area contributed by atoms with Crippen molar-refractivity contribution in [1.29, 1.82) is 0 Å². The first-order valence-electron chi connectivity index (χ1n) is 7.03. The Morgan fingerprint density at radius 3 is 2.60 bits per heavy atom. The van der Waals surface area contributed by atoms with Gasteiger partial charge in [0, 0.05) is 39.3 Å². The number of carbonyl (C=O) groups excluding carboxylic acids is 1. The van der Waals surface area contributed by atoms with Gasteiger partial charge in [0.05, 0.1) is 11.4 Å². The van der Waals surface area contributed by atoms with Gasteiger partial charge in [0.2, 0.25) is 0 Å². The maximum atomic E-state index is 11.9. The predicted molar refractivity (Wildman–Crippen MR) is 83.2 cm³/mol. The van der Waals surface area contributed by atoms with E-state index in [9.17, 15) is 4.79 Å². The van der Waals surface area contributed by atoms with E-state index in [0.29, 0.717) is 11.3 Å². The van der Waals surface area contributed by atoms with Gasteiger partial charge < -0.3 is 20.4 Å². The highest BCUT2D eigenvalue weighted by Gasteiger charge is 2.16. The third-order valence-electron chi connectivity index (χ3n) is 3.74. The summed E-state index contributed by atoms with van der Waals surface area (Å²) in [6.45, 7) is 4.14. The summed E-state index contributed by atoms with van der Waals surface area (Å²) in [6.07, 6.45) is 1.13. The Morgan fingerprint density at radius 1 is 1.20 bits per heavy atom. The van der Waals surface area contributed by atoms with Crippen LogP contribution in [0.5, 0.6) is 0 Å². The molecule has 2 rings (SSSR count). The fourth-order valence-corrected chi connectivity index (χ4v) is 2.52. The Hall–Kier alpha value is -1.75. The van der Waals surface area contributed by atoms with Gasteiger partial charge in [-0.05, 0) is 38.2 Å². The van der Waals surface area contributed by atoms with Crippen molar-refractivity contribution in [1.82, 2.24) is 9.80 Å². The number of hydrogen-bond acceptors (Lipinski definition) is 4. The molecule has 0 atom stereocenters. The molecule has 20 heavy (non-hydrogen) atoms. The van der Waals surface area contributed by atoms with E-state index in [2.05, 4.69) is 16.8 Å². The fourth-order valence-electron chi connectivity index (χ4n) is 2.52. The SMILES string of the molecule is CN1CCCN(c2ccc(C(=O)N(C)C)cc2N)CC1. The van der Waals surface area contributed by atoms with Crippen LogP contribution in [0, 0.1) is 0 Å². The molecule has 1 aromatic carbocycles. The van der Waals surface area contributed by atoms with Crippen LogP contribution in [0.25, 0.3) is 0 Å². The molecule has 1 aliphatic heterocycles. The van der Waals surface area contributed by atoms with Crippen LogP contribution in [-0.4, -0.2) is 63.0 Å². The quantitative estimate of drug-likeness (QED) is 0.822. The second kappa shape index (κ2) is 6.13. The molecule has 1 aliphatic rings. The summed E-state index contributed by atoms with van der Waals surface area (Å²) < 4.78 is 0. The molecular formula is C15H24N4O. The lowest BCUT2D eigenvalue weighted by Gasteiger charge is -2.25. The number of anilines is 2. The molecule has 1 amide bonds. The molecule has 2 N–H and O–H groups in total. The molecule has 1 aromatic rings. The molecule has 1 saturated heterocycles. The molecule has 0 aliphatic carbocycles. The maximum Gasteiger partial charge on any atom is 0.253 e. The van der Waals surface area contributed by atoms with Crippen LogP contribution in [0.4, 0.5) is 11.4 Å². The summed E-state index contributed by atoms with van der Waals surface area (Å²) in [5.74, 6) is -0.0150. The number of nitrogens with zero attached hydrogens (tertiary/aromatic N) is 3. The Balaban J connectivity index is 2.19.